The predicted octanol–water partition coefficient (Wildman–Crippen LogP) is 3.80. The van der Waals surface area contributed by atoms with Crippen molar-refractivity contribution in [2.24, 2.45) is 0 Å². The number of rotatable bonds is 8. The van der Waals surface area contributed by atoms with Gasteiger partial charge in [-0.25, -0.2) is 0 Å². The molecule has 3 rings (SSSR count). The maximum Gasteiger partial charge on any atom is 0.226 e. The molecule has 1 heterocycles. The van der Waals surface area contributed by atoms with Crippen LogP contribution in [0.15, 0.2) is 65.2 Å². The Morgan fingerprint density at radius 3 is 2.42 bits per heavy atom. The first-order chi connectivity index (χ1) is 12.7. The molecule has 0 saturated heterocycles. The fourth-order valence-corrected chi connectivity index (χ4v) is 2.90. The minimum atomic E-state index is -0.0447. The molecule has 2 aromatic carbocycles. The van der Waals surface area contributed by atoms with Gasteiger partial charge in [0.25, 0.3) is 0 Å². The lowest BCUT2D eigenvalue weighted by Crippen LogP contribution is -2.29. The van der Waals surface area contributed by atoms with E-state index in [0.717, 1.165) is 12.0 Å². The minimum absolute atomic E-state index is 0.0334. The first-order valence-corrected chi connectivity index (χ1v) is 8.88. The van der Waals surface area contributed by atoms with Crippen LogP contribution in [0.3, 0.4) is 0 Å². The number of amides is 1. The monoisotopic (exact) mass is 349 g/mol. The van der Waals surface area contributed by atoms with Crippen molar-refractivity contribution in [1.29, 1.82) is 0 Å². The highest BCUT2D eigenvalue weighted by atomic mass is 16.5. The number of nitrogens with zero attached hydrogens (tertiary/aromatic N) is 2. The first-order valence-electron chi connectivity index (χ1n) is 8.88. The van der Waals surface area contributed by atoms with Gasteiger partial charge >= 0.3 is 0 Å². The number of carbonyl (C=O) groups is 1. The van der Waals surface area contributed by atoms with Gasteiger partial charge in [0, 0.05) is 12.8 Å². The van der Waals surface area contributed by atoms with E-state index in [9.17, 15) is 4.79 Å². The van der Waals surface area contributed by atoms with E-state index in [4.69, 9.17) is 4.52 Å². The zero-order chi connectivity index (χ0) is 18.2. The van der Waals surface area contributed by atoms with E-state index in [0.29, 0.717) is 31.0 Å². The molecule has 134 valence electrons. The molecule has 26 heavy (non-hydrogen) atoms. The molecule has 0 spiro atoms. The maximum absolute atomic E-state index is 12.4. The molecule has 1 atom stereocenters. The number of hydrogen-bond donors (Lipinski definition) is 1. The van der Waals surface area contributed by atoms with Crippen molar-refractivity contribution in [1.82, 2.24) is 15.5 Å². The number of hydrogen-bond acceptors (Lipinski definition) is 4. The molecule has 0 aliphatic rings. The topological polar surface area (TPSA) is 68.0 Å². The lowest BCUT2D eigenvalue weighted by molar-refractivity contribution is -0.121. The average Bonchev–Trinajstić information content (AvgIpc) is 3.08. The summed E-state index contributed by atoms with van der Waals surface area (Å²) in [7, 11) is 0. The number of benzene rings is 2. The van der Waals surface area contributed by atoms with E-state index in [-0.39, 0.29) is 11.9 Å². The molecule has 3 aromatic rings. The molecular weight excluding hydrogens is 326 g/mol. The summed E-state index contributed by atoms with van der Waals surface area (Å²) in [5.41, 5.74) is 2.31. The normalized spacial score (nSPS) is 11.9. The molecule has 1 N–H and O–H groups in total. The highest BCUT2D eigenvalue weighted by Gasteiger charge is 2.15. The molecule has 0 aliphatic carbocycles. The lowest BCUT2D eigenvalue weighted by Gasteiger charge is -2.19. The fourth-order valence-electron chi connectivity index (χ4n) is 2.90. The molecule has 1 aromatic heterocycles. The van der Waals surface area contributed by atoms with Crippen LogP contribution in [0, 0.1) is 6.92 Å². The van der Waals surface area contributed by atoms with Crippen molar-refractivity contribution in [3.8, 4) is 0 Å². The van der Waals surface area contributed by atoms with Crippen LogP contribution in [0.4, 0.5) is 0 Å². The smallest absolute Gasteiger partial charge is 0.226 e. The van der Waals surface area contributed by atoms with Crippen molar-refractivity contribution in [3.05, 3.63) is 83.5 Å². The van der Waals surface area contributed by atoms with Crippen LogP contribution in [-0.2, 0) is 17.6 Å². The highest BCUT2D eigenvalue weighted by molar-refractivity contribution is 5.76. The SMILES string of the molecule is Cc1noc(CCCC(=O)NC(Cc2ccccc2)c2ccccc2)n1. The molecule has 5 heteroatoms. The Labute approximate surface area is 153 Å². The van der Waals surface area contributed by atoms with Crippen LogP contribution in [0.25, 0.3) is 0 Å². The Bertz CT molecular complexity index is 816. The van der Waals surface area contributed by atoms with E-state index in [2.05, 4.69) is 39.7 Å². The van der Waals surface area contributed by atoms with Crippen molar-refractivity contribution < 1.29 is 9.32 Å². The van der Waals surface area contributed by atoms with Gasteiger partial charge in [-0.1, -0.05) is 65.8 Å². The van der Waals surface area contributed by atoms with Crippen molar-refractivity contribution in [2.45, 2.75) is 38.6 Å². The summed E-state index contributed by atoms with van der Waals surface area (Å²) in [5.74, 6) is 1.24. The van der Waals surface area contributed by atoms with Crippen molar-refractivity contribution in [2.75, 3.05) is 0 Å². The molecular formula is C21H23N3O2. The summed E-state index contributed by atoms with van der Waals surface area (Å²) in [4.78, 5) is 16.6. The van der Waals surface area contributed by atoms with Crippen LogP contribution in [0.5, 0.6) is 0 Å². The van der Waals surface area contributed by atoms with Crippen LogP contribution in [-0.4, -0.2) is 16.0 Å². The molecule has 1 amide bonds. The zero-order valence-electron chi connectivity index (χ0n) is 14.9. The molecule has 0 fully saturated rings. The third-order valence-corrected chi connectivity index (χ3v) is 4.18. The third-order valence-electron chi connectivity index (χ3n) is 4.18. The fraction of sp³-hybridized carbons (Fsp3) is 0.286. The van der Waals surface area contributed by atoms with E-state index < -0.39 is 0 Å². The van der Waals surface area contributed by atoms with Gasteiger partial charge in [-0.3, -0.25) is 4.79 Å². The van der Waals surface area contributed by atoms with E-state index in [1.165, 1.54) is 5.56 Å². The lowest BCUT2D eigenvalue weighted by atomic mass is 9.98. The van der Waals surface area contributed by atoms with E-state index in [1.54, 1.807) is 6.92 Å². The highest BCUT2D eigenvalue weighted by Crippen LogP contribution is 2.18. The number of carbonyl (C=O) groups excluding carboxylic acids is 1. The summed E-state index contributed by atoms with van der Waals surface area (Å²) in [5, 5.41) is 6.93. The Kier molecular flexibility index (Phi) is 6.14. The van der Waals surface area contributed by atoms with Gasteiger partial charge in [0.05, 0.1) is 6.04 Å². The van der Waals surface area contributed by atoms with Crippen molar-refractivity contribution >= 4 is 5.91 Å². The first kappa shape index (κ1) is 17.9. The third kappa shape index (κ3) is 5.28. The Morgan fingerprint density at radius 1 is 1.08 bits per heavy atom. The van der Waals surface area contributed by atoms with Crippen LogP contribution in [0.2, 0.25) is 0 Å². The van der Waals surface area contributed by atoms with E-state index in [1.807, 2.05) is 36.4 Å². The van der Waals surface area contributed by atoms with Crippen LogP contribution in [0.1, 0.15) is 41.7 Å². The van der Waals surface area contributed by atoms with Crippen molar-refractivity contribution in [3.63, 3.8) is 0 Å². The number of aryl methyl sites for hydroxylation is 2. The molecule has 0 saturated carbocycles. The Balaban J connectivity index is 1.58. The van der Waals surface area contributed by atoms with Gasteiger partial charge in [0.1, 0.15) is 0 Å². The minimum Gasteiger partial charge on any atom is -0.349 e. The van der Waals surface area contributed by atoms with Gasteiger partial charge in [-0.2, -0.15) is 4.98 Å². The van der Waals surface area contributed by atoms with E-state index >= 15 is 0 Å². The molecule has 0 bridgehead atoms. The summed E-state index contributed by atoms with van der Waals surface area (Å²) in [6, 6.07) is 20.2. The standard InChI is InChI=1S/C21H23N3O2/c1-16-22-21(26-24-16)14-8-13-20(25)23-19(18-11-6-3-7-12-18)15-17-9-4-2-5-10-17/h2-7,9-12,19H,8,13-15H2,1H3,(H,23,25). The van der Waals surface area contributed by atoms with Crippen LogP contribution >= 0.6 is 0 Å². The van der Waals surface area contributed by atoms with Gasteiger partial charge in [-0.15, -0.1) is 0 Å². The Morgan fingerprint density at radius 2 is 1.77 bits per heavy atom. The quantitative estimate of drug-likeness (QED) is 0.672. The van der Waals surface area contributed by atoms with Gasteiger partial charge in [0.2, 0.25) is 11.8 Å². The second-order valence-electron chi connectivity index (χ2n) is 6.31. The van der Waals surface area contributed by atoms with Gasteiger partial charge in [-0.05, 0) is 30.9 Å². The summed E-state index contributed by atoms with van der Waals surface area (Å²) in [6.07, 6.45) is 2.49. The molecule has 1 unspecified atom stereocenters. The Hall–Kier alpha value is -2.95. The average molecular weight is 349 g/mol. The predicted molar refractivity (Wildman–Crippen MR) is 99.4 cm³/mol. The zero-order valence-corrected chi connectivity index (χ0v) is 14.9. The second kappa shape index (κ2) is 8.94. The molecule has 0 radical (unpaired) electrons. The summed E-state index contributed by atoms with van der Waals surface area (Å²) >= 11 is 0. The van der Waals surface area contributed by atoms with Gasteiger partial charge in [0.15, 0.2) is 5.82 Å². The largest absolute Gasteiger partial charge is 0.349 e. The number of nitrogens with one attached hydrogen (secondary N) is 1. The van der Waals surface area contributed by atoms with Crippen LogP contribution < -0.4 is 5.32 Å². The molecule has 5 nitrogen and oxygen atoms in total. The summed E-state index contributed by atoms with van der Waals surface area (Å²) in [6.45, 7) is 1.79. The second-order valence-corrected chi connectivity index (χ2v) is 6.31. The summed E-state index contributed by atoms with van der Waals surface area (Å²) < 4.78 is 5.08. The van der Waals surface area contributed by atoms with Gasteiger partial charge < -0.3 is 9.84 Å². The number of aromatic nitrogens is 2. The molecule has 0 aliphatic heterocycles. The maximum atomic E-state index is 12.4.